The lowest BCUT2D eigenvalue weighted by atomic mass is 10.0. The summed E-state index contributed by atoms with van der Waals surface area (Å²) in [5.74, 6) is 0.00969. The Morgan fingerprint density at radius 3 is 2.28 bits per heavy atom. The maximum Gasteiger partial charge on any atom is 0.251 e. The molecule has 0 saturated carbocycles. The lowest BCUT2D eigenvalue weighted by molar-refractivity contribution is -0.118. The molecule has 2 aromatic carbocycles. The van der Waals surface area contributed by atoms with Gasteiger partial charge in [0, 0.05) is 29.3 Å². The van der Waals surface area contributed by atoms with Crippen LogP contribution in [0.3, 0.4) is 0 Å². The van der Waals surface area contributed by atoms with Crippen molar-refractivity contribution in [3.8, 4) is 11.4 Å². The van der Waals surface area contributed by atoms with Gasteiger partial charge in [-0.2, -0.15) is 0 Å². The number of aromatic nitrogens is 2. The van der Waals surface area contributed by atoms with Crippen LogP contribution in [0.25, 0.3) is 5.69 Å². The zero-order valence-electron chi connectivity index (χ0n) is 16.6. The fourth-order valence-corrected chi connectivity index (χ4v) is 2.85. The molecule has 1 heterocycles. The monoisotopic (exact) mass is 392 g/mol. The number of hydrogen-bond acceptors (Lipinski definition) is 4. The Morgan fingerprint density at radius 1 is 1.03 bits per heavy atom. The number of nitrogens with one attached hydrogen (secondary N) is 2. The number of amides is 2. The van der Waals surface area contributed by atoms with Crippen LogP contribution in [0, 0.1) is 5.92 Å². The van der Waals surface area contributed by atoms with Crippen molar-refractivity contribution in [1.82, 2.24) is 14.9 Å². The van der Waals surface area contributed by atoms with E-state index in [2.05, 4.69) is 15.6 Å². The Balaban J connectivity index is 1.66. The first-order valence-corrected chi connectivity index (χ1v) is 9.32. The van der Waals surface area contributed by atoms with E-state index in [1.165, 1.54) is 0 Å². The molecule has 3 aromatic rings. The van der Waals surface area contributed by atoms with E-state index in [0.717, 1.165) is 5.69 Å². The summed E-state index contributed by atoms with van der Waals surface area (Å²) in [7, 11) is 1.57. The quantitative estimate of drug-likeness (QED) is 0.646. The number of anilines is 1. The lowest BCUT2D eigenvalue weighted by Gasteiger charge is -2.22. The molecule has 3 rings (SSSR count). The van der Waals surface area contributed by atoms with E-state index in [1.54, 1.807) is 43.9 Å². The summed E-state index contributed by atoms with van der Waals surface area (Å²) in [6, 6.07) is 13.5. The van der Waals surface area contributed by atoms with Crippen LogP contribution >= 0.6 is 0 Å². The van der Waals surface area contributed by atoms with E-state index in [-0.39, 0.29) is 17.7 Å². The zero-order chi connectivity index (χ0) is 20.8. The van der Waals surface area contributed by atoms with Gasteiger partial charge in [-0.1, -0.05) is 13.8 Å². The minimum absolute atomic E-state index is 0.0811. The predicted octanol–water partition coefficient (Wildman–Crippen LogP) is 3.27. The minimum Gasteiger partial charge on any atom is -0.497 e. The Bertz CT molecular complexity index is 949. The van der Waals surface area contributed by atoms with Crippen LogP contribution in [0.15, 0.2) is 67.3 Å². The van der Waals surface area contributed by atoms with Gasteiger partial charge in [0.2, 0.25) is 5.91 Å². The Labute approximate surface area is 169 Å². The second-order valence-corrected chi connectivity index (χ2v) is 6.93. The maximum atomic E-state index is 12.8. The van der Waals surface area contributed by atoms with Crippen molar-refractivity contribution in [3.63, 3.8) is 0 Å². The van der Waals surface area contributed by atoms with Gasteiger partial charge in [0.05, 0.1) is 13.4 Å². The highest BCUT2D eigenvalue weighted by atomic mass is 16.5. The molecule has 0 aliphatic rings. The first-order valence-electron chi connectivity index (χ1n) is 9.32. The fourth-order valence-electron chi connectivity index (χ4n) is 2.85. The summed E-state index contributed by atoms with van der Waals surface area (Å²) < 4.78 is 6.98. The van der Waals surface area contributed by atoms with Crippen molar-refractivity contribution in [2.75, 3.05) is 12.4 Å². The first kappa shape index (κ1) is 20.1. The summed E-state index contributed by atoms with van der Waals surface area (Å²) in [6.07, 6.45) is 5.25. The number of imidazole rings is 1. The average Bonchev–Trinajstić information content (AvgIpc) is 3.27. The number of nitrogens with zero attached hydrogens (tertiary/aromatic N) is 2. The van der Waals surface area contributed by atoms with Crippen LogP contribution in [-0.4, -0.2) is 34.5 Å². The van der Waals surface area contributed by atoms with Crippen molar-refractivity contribution >= 4 is 17.5 Å². The average molecular weight is 392 g/mol. The van der Waals surface area contributed by atoms with Gasteiger partial charge in [0.25, 0.3) is 5.91 Å². The number of rotatable bonds is 7. The highest BCUT2D eigenvalue weighted by Gasteiger charge is 2.24. The second-order valence-electron chi connectivity index (χ2n) is 6.93. The third-order valence-corrected chi connectivity index (χ3v) is 4.53. The number of benzene rings is 2. The summed E-state index contributed by atoms with van der Waals surface area (Å²) in [6.45, 7) is 3.78. The van der Waals surface area contributed by atoms with E-state index in [4.69, 9.17) is 4.74 Å². The molecule has 0 spiro atoms. The molecule has 0 aliphatic carbocycles. The minimum atomic E-state index is -0.669. The Hall–Kier alpha value is -3.61. The smallest absolute Gasteiger partial charge is 0.251 e. The second kappa shape index (κ2) is 9.05. The third kappa shape index (κ3) is 5.01. The number of carbonyl (C=O) groups excluding carboxylic acids is 2. The van der Waals surface area contributed by atoms with Gasteiger partial charge >= 0.3 is 0 Å². The van der Waals surface area contributed by atoms with E-state index in [9.17, 15) is 9.59 Å². The van der Waals surface area contributed by atoms with E-state index in [1.807, 2.05) is 48.9 Å². The van der Waals surface area contributed by atoms with Gasteiger partial charge in [-0.05, 0) is 54.4 Å². The summed E-state index contributed by atoms with van der Waals surface area (Å²) in [5.41, 5.74) is 2.06. The highest BCUT2D eigenvalue weighted by molar-refractivity contribution is 6.01. The molecule has 1 aromatic heterocycles. The zero-order valence-corrected chi connectivity index (χ0v) is 16.6. The van der Waals surface area contributed by atoms with Gasteiger partial charge in [0.15, 0.2) is 0 Å². The van der Waals surface area contributed by atoms with Crippen LogP contribution in [-0.2, 0) is 4.79 Å². The number of methoxy groups -OCH3 is 1. The number of carbonyl (C=O) groups is 2. The topological polar surface area (TPSA) is 85.2 Å². The molecule has 2 amide bonds. The van der Waals surface area contributed by atoms with Crippen LogP contribution < -0.4 is 15.4 Å². The molecule has 7 nitrogen and oxygen atoms in total. The summed E-state index contributed by atoms with van der Waals surface area (Å²) in [5, 5.41) is 5.69. The van der Waals surface area contributed by atoms with E-state index < -0.39 is 6.04 Å². The molecule has 1 atom stereocenters. The van der Waals surface area contributed by atoms with Crippen LogP contribution in [0.5, 0.6) is 5.75 Å². The van der Waals surface area contributed by atoms with Crippen LogP contribution in [0.4, 0.5) is 5.69 Å². The van der Waals surface area contributed by atoms with Crippen molar-refractivity contribution in [2.24, 2.45) is 5.92 Å². The molecule has 29 heavy (non-hydrogen) atoms. The molecular formula is C22H24N4O3. The first-order chi connectivity index (χ1) is 14.0. The standard InChI is InChI=1S/C22H24N4O3/c1-15(2)20(25-21(27)16-4-10-19(29-3)11-5-16)22(28)24-17-6-8-18(9-7-17)26-13-12-23-14-26/h4-15,20H,1-3H3,(H,24,28)(H,25,27). The molecule has 2 N–H and O–H groups in total. The van der Waals surface area contributed by atoms with Gasteiger partial charge in [-0.25, -0.2) is 4.98 Å². The van der Waals surface area contributed by atoms with Crippen LogP contribution in [0.1, 0.15) is 24.2 Å². The number of ether oxygens (including phenoxy) is 1. The largest absolute Gasteiger partial charge is 0.497 e. The summed E-state index contributed by atoms with van der Waals surface area (Å²) >= 11 is 0. The highest BCUT2D eigenvalue weighted by Crippen LogP contribution is 2.15. The molecule has 0 saturated heterocycles. The van der Waals surface area contributed by atoms with Crippen molar-refractivity contribution in [3.05, 3.63) is 72.8 Å². The molecular weight excluding hydrogens is 368 g/mol. The molecule has 0 fully saturated rings. The summed E-state index contributed by atoms with van der Waals surface area (Å²) in [4.78, 5) is 29.3. The Kier molecular flexibility index (Phi) is 6.29. The van der Waals surface area contributed by atoms with Crippen molar-refractivity contribution < 1.29 is 14.3 Å². The molecule has 7 heteroatoms. The van der Waals surface area contributed by atoms with Crippen LogP contribution in [0.2, 0.25) is 0 Å². The lowest BCUT2D eigenvalue weighted by Crippen LogP contribution is -2.47. The van der Waals surface area contributed by atoms with Gasteiger partial charge in [-0.3, -0.25) is 9.59 Å². The molecule has 0 radical (unpaired) electrons. The third-order valence-electron chi connectivity index (χ3n) is 4.53. The molecule has 0 bridgehead atoms. The SMILES string of the molecule is COc1ccc(C(=O)NC(C(=O)Nc2ccc(-n3ccnc3)cc2)C(C)C)cc1. The fraction of sp³-hybridized carbons (Fsp3) is 0.227. The molecule has 1 unspecified atom stereocenters. The van der Waals surface area contributed by atoms with Crippen molar-refractivity contribution in [2.45, 2.75) is 19.9 Å². The van der Waals surface area contributed by atoms with Gasteiger partial charge < -0.3 is 19.9 Å². The molecule has 0 aliphatic heterocycles. The number of hydrogen-bond donors (Lipinski definition) is 2. The molecule has 150 valence electrons. The van der Waals surface area contributed by atoms with Crippen molar-refractivity contribution in [1.29, 1.82) is 0 Å². The predicted molar refractivity (Wildman–Crippen MR) is 111 cm³/mol. The Morgan fingerprint density at radius 2 is 1.72 bits per heavy atom. The van der Waals surface area contributed by atoms with E-state index in [0.29, 0.717) is 17.0 Å². The normalized spacial score (nSPS) is 11.7. The van der Waals surface area contributed by atoms with Gasteiger partial charge in [-0.15, -0.1) is 0 Å². The van der Waals surface area contributed by atoms with E-state index >= 15 is 0 Å². The van der Waals surface area contributed by atoms with Gasteiger partial charge in [0.1, 0.15) is 11.8 Å². The maximum absolute atomic E-state index is 12.8.